The van der Waals surface area contributed by atoms with Crippen LogP contribution in [0.4, 0.5) is 11.5 Å². The van der Waals surface area contributed by atoms with Crippen LogP contribution in [0, 0.1) is 5.92 Å². The van der Waals surface area contributed by atoms with Crippen LogP contribution in [0.5, 0.6) is 5.75 Å². The van der Waals surface area contributed by atoms with Gasteiger partial charge >= 0.3 is 5.69 Å². The molecule has 0 aliphatic rings. The second kappa shape index (κ2) is 11.4. The van der Waals surface area contributed by atoms with Crippen LogP contribution in [-0.4, -0.2) is 41.1 Å². The van der Waals surface area contributed by atoms with Gasteiger partial charge in [0.05, 0.1) is 18.7 Å². The van der Waals surface area contributed by atoms with E-state index in [2.05, 4.69) is 10.3 Å². The summed E-state index contributed by atoms with van der Waals surface area (Å²) in [6.07, 6.45) is 0. The average molecular weight is 494 g/mol. The number of aromatic amines is 1. The molecule has 0 spiro atoms. The van der Waals surface area contributed by atoms with Crippen molar-refractivity contribution in [3.63, 3.8) is 0 Å². The van der Waals surface area contributed by atoms with E-state index in [1.807, 2.05) is 37.3 Å². The predicted octanol–water partition coefficient (Wildman–Crippen LogP) is 1.98. The zero-order valence-corrected chi connectivity index (χ0v) is 20.8. The van der Waals surface area contributed by atoms with Gasteiger partial charge in [0.25, 0.3) is 11.5 Å². The fourth-order valence-corrected chi connectivity index (χ4v) is 3.81. The molecule has 36 heavy (non-hydrogen) atoms. The molecule has 10 heteroatoms. The summed E-state index contributed by atoms with van der Waals surface area (Å²) in [6, 6.07) is 14.9. The number of amides is 2. The Kier molecular flexibility index (Phi) is 8.31. The Morgan fingerprint density at radius 2 is 1.72 bits per heavy atom. The molecule has 190 valence electrons. The number of H-pyrrole nitrogens is 1. The van der Waals surface area contributed by atoms with Gasteiger partial charge in [0.2, 0.25) is 5.91 Å². The van der Waals surface area contributed by atoms with Gasteiger partial charge < -0.3 is 20.7 Å². The molecular formula is C26H31N5O5. The Labute approximate surface area is 208 Å². The minimum absolute atomic E-state index is 0.107. The quantitative estimate of drug-likeness (QED) is 0.417. The monoisotopic (exact) mass is 493 g/mol. The number of anilines is 2. The summed E-state index contributed by atoms with van der Waals surface area (Å²) in [5, 5.41) is 2.76. The molecule has 0 saturated heterocycles. The van der Waals surface area contributed by atoms with Crippen molar-refractivity contribution in [2.75, 3.05) is 24.3 Å². The highest BCUT2D eigenvalue weighted by molar-refractivity contribution is 6.04. The van der Waals surface area contributed by atoms with Crippen LogP contribution in [0.3, 0.4) is 0 Å². The number of likely N-dealkylation sites (N-methyl/N-ethyl adjacent to an activating group) is 1. The van der Waals surface area contributed by atoms with Crippen LogP contribution < -0.4 is 31.9 Å². The first-order chi connectivity index (χ1) is 17.1. The summed E-state index contributed by atoms with van der Waals surface area (Å²) in [4.78, 5) is 55.1. The smallest absolute Gasteiger partial charge is 0.330 e. The average Bonchev–Trinajstić information content (AvgIpc) is 2.85. The van der Waals surface area contributed by atoms with Gasteiger partial charge in [-0.15, -0.1) is 0 Å². The van der Waals surface area contributed by atoms with Crippen molar-refractivity contribution in [1.82, 2.24) is 14.9 Å². The molecule has 0 aliphatic heterocycles. The molecule has 1 heterocycles. The topological polar surface area (TPSA) is 140 Å². The molecular weight excluding hydrogens is 462 g/mol. The zero-order valence-electron chi connectivity index (χ0n) is 20.8. The van der Waals surface area contributed by atoms with Crippen LogP contribution in [0.2, 0.25) is 0 Å². The molecule has 10 nitrogen and oxygen atoms in total. The number of ether oxygens (including phenoxy) is 1. The van der Waals surface area contributed by atoms with E-state index in [1.54, 1.807) is 38.1 Å². The molecule has 3 rings (SSSR count). The highest BCUT2D eigenvalue weighted by Gasteiger charge is 2.31. The van der Waals surface area contributed by atoms with Crippen molar-refractivity contribution in [1.29, 1.82) is 0 Å². The van der Waals surface area contributed by atoms with Crippen LogP contribution in [0.1, 0.15) is 36.7 Å². The van der Waals surface area contributed by atoms with E-state index in [4.69, 9.17) is 10.5 Å². The third-order valence-electron chi connectivity index (χ3n) is 5.71. The van der Waals surface area contributed by atoms with Crippen LogP contribution in [0.25, 0.3) is 0 Å². The van der Waals surface area contributed by atoms with E-state index >= 15 is 0 Å². The SMILES string of the molecule is CCOc1ccccc1C(=O)N[C@H](C(=O)N(C)c1c(N)n(Cc2ccccc2)c(=O)[nH]c1=O)C(C)C. The number of para-hydroxylation sites is 1. The van der Waals surface area contributed by atoms with Crippen molar-refractivity contribution in [3.8, 4) is 5.75 Å². The van der Waals surface area contributed by atoms with E-state index < -0.39 is 29.1 Å². The first-order valence-corrected chi connectivity index (χ1v) is 11.6. The molecule has 2 amide bonds. The van der Waals surface area contributed by atoms with E-state index in [-0.39, 0.29) is 29.5 Å². The number of nitrogen functional groups attached to an aromatic ring is 1. The van der Waals surface area contributed by atoms with Crippen molar-refractivity contribution in [3.05, 3.63) is 86.6 Å². The Bertz CT molecular complexity index is 1350. The summed E-state index contributed by atoms with van der Waals surface area (Å²) in [7, 11) is 1.39. The highest BCUT2D eigenvalue weighted by Crippen LogP contribution is 2.21. The third-order valence-corrected chi connectivity index (χ3v) is 5.71. The largest absolute Gasteiger partial charge is 0.493 e. The normalized spacial score (nSPS) is 11.7. The molecule has 0 bridgehead atoms. The van der Waals surface area contributed by atoms with Crippen molar-refractivity contribution in [2.45, 2.75) is 33.4 Å². The Hall–Kier alpha value is -4.34. The van der Waals surface area contributed by atoms with Gasteiger partial charge in [-0.25, -0.2) is 4.79 Å². The summed E-state index contributed by atoms with van der Waals surface area (Å²) in [5.74, 6) is -1.13. The fraction of sp³-hybridized carbons (Fsp3) is 0.308. The van der Waals surface area contributed by atoms with Gasteiger partial charge in [-0.05, 0) is 30.5 Å². The van der Waals surface area contributed by atoms with Gasteiger partial charge in [0.1, 0.15) is 17.6 Å². The lowest BCUT2D eigenvalue weighted by Gasteiger charge is -2.28. The molecule has 0 fully saturated rings. The molecule has 3 aromatic rings. The lowest BCUT2D eigenvalue weighted by molar-refractivity contribution is -0.121. The highest BCUT2D eigenvalue weighted by atomic mass is 16.5. The fourth-order valence-electron chi connectivity index (χ4n) is 3.81. The maximum absolute atomic E-state index is 13.5. The minimum atomic E-state index is -0.981. The lowest BCUT2D eigenvalue weighted by Crippen LogP contribution is -2.52. The number of nitrogens with zero attached hydrogens (tertiary/aromatic N) is 2. The third kappa shape index (κ3) is 5.65. The van der Waals surface area contributed by atoms with Gasteiger partial charge in [-0.2, -0.15) is 0 Å². The van der Waals surface area contributed by atoms with E-state index in [9.17, 15) is 19.2 Å². The Morgan fingerprint density at radius 1 is 1.08 bits per heavy atom. The van der Waals surface area contributed by atoms with E-state index in [0.29, 0.717) is 12.4 Å². The van der Waals surface area contributed by atoms with Crippen molar-refractivity contribution >= 4 is 23.3 Å². The number of nitrogens with two attached hydrogens (primary N) is 1. The number of hydrogen-bond acceptors (Lipinski definition) is 6. The van der Waals surface area contributed by atoms with Crippen molar-refractivity contribution in [2.24, 2.45) is 5.92 Å². The maximum Gasteiger partial charge on any atom is 0.330 e. The molecule has 0 radical (unpaired) electrons. The molecule has 0 saturated carbocycles. The van der Waals surface area contributed by atoms with Crippen LogP contribution in [-0.2, 0) is 11.3 Å². The van der Waals surface area contributed by atoms with E-state index in [0.717, 1.165) is 10.5 Å². The van der Waals surface area contributed by atoms with Gasteiger partial charge in [-0.3, -0.25) is 23.9 Å². The Balaban J connectivity index is 1.93. The second-order valence-electron chi connectivity index (χ2n) is 8.59. The lowest BCUT2D eigenvalue weighted by atomic mass is 10.0. The molecule has 1 aromatic heterocycles. The summed E-state index contributed by atoms with van der Waals surface area (Å²) in [5.41, 5.74) is 5.65. The molecule has 0 aliphatic carbocycles. The molecule has 1 atom stereocenters. The van der Waals surface area contributed by atoms with Crippen LogP contribution >= 0.6 is 0 Å². The number of nitrogens with one attached hydrogen (secondary N) is 2. The summed E-state index contributed by atoms with van der Waals surface area (Å²) >= 11 is 0. The van der Waals surface area contributed by atoms with E-state index in [1.165, 1.54) is 11.6 Å². The molecule has 4 N–H and O–H groups in total. The van der Waals surface area contributed by atoms with Crippen LogP contribution in [0.15, 0.2) is 64.2 Å². The molecule has 2 aromatic carbocycles. The minimum Gasteiger partial charge on any atom is -0.493 e. The first kappa shape index (κ1) is 26.3. The van der Waals surface area contributed by atoms with Gasteiger partial charge in [0.15, 0.2) is 5.69 Å². The Morgan fingerprint density at radius 3 is 2.36 bits per heavy atom. The number of benzene rings is 2. The van der Waals surface area contributed by atoms with Gasteiger partial charge in [0, 0.05) is 7.05 Å². The number of rotatable bonds is 9. The predicted molar refractivity (Wildman–Crippen MR) is 138 cm³/mol. The standard InChI is InChI=1S/C26H31N5O5/c1-5-36-19-14-10-9-13-18(19)23(32)28-20(16(2)3)25(34)30(4)21-22(27)31(26(35)29-24(21)33)15-17-11-7-6-8-12-17/h6-14,16,20H,5,15,27H2,1-4H3,(H,28,32)(H,29,33,35)/t20-/m0/s1. The number of hydrogen-bond donors (Lipinski definition) is 3. The second-order valence-corrected chi connectivity index (χ2v) is 8.59. The van der Waals surface area contributed by atoms with Gasteiger partial charge in [-0.1, -0.05) is 56.3 Å². The summed E-state index contributed by atoms with van der Waals surface area (Å²) in [6.45, 7) is 5.84. The number of aromatic nitrogens is 2. The van der Waals surface area contributed by atoms with Crippen molar-refractivity contribution < 1.29 is 14.3 Å². The zero-order chi connectivity index (χ0) is 26.4. The maximum atomic E-state index is 13.5. The number of carbonyl (C=O) groups is 2. The summed E-state index contributed by atoms with van der Waals surface area (Å²) < 4.78 is 6.72. The first-order valence-electron chi connectivity index (χ1n) is 11.6. The number of carbonyl (C=O) groups excluding carboxylic acids is 2. The molecule has 0 unspecified atom stereocenters.